The number of hydrogen-bond donors (Lipinski definition) is 1. The molecule has 0 saturated carbocycles. The highest BCUT2D eigenvalue weighted by atomic mass is 35.5. The summed E-state index contributed by atoms with van der Waals surface area (Å²) in [6.45, 7) is 2.09. The minimum atomic E-state index is -0.217. The average Bonchev–Trinajstić information content (AvgIpc) is 2.60. The molecule has 0 heterocycles. The Morgan fingerprint density at radius 1 is 1.17 bits per heavy atom. The molecule has 0 aliphatic rings. The Bertz CT molecular complexity index is 739. The minimum absolute atomic E-state index is 0.217. The number of methoxy groups -OCH3 is 2. The lowest BCUT2D eigenvalue weighted by atomic mass is 10.1. The lowest BCUT2D eigenvalue weighted by Crippen LogP contribution is -2.07. The van der Waals surface area contributed by atoms with Crippen LogP contribution in [0.1, 0.15) is 18.1 Å². The first-order valence-corrected chi connectivity index (χ1v) is 7.94. The molecule has 4 nitrogen and oxygen atoms in total. The van der Waals surface area contributed by atoms with Crippen LogP contribution in [0.4, 0.5) is 5.69 Å². The van der Waals surface area contributed by atoms with Gasteiger partial charge in [0.15, 0.2) is 11.5 Å². The number of halogens is 1. The van der Waals surface area contributed by atoms with Gasteiger partial charge < -0.3 is 14.8 Å². The van der Waals surface area contributed by atoms with Gasteiger partial charge in [-0.15, -0.1) is 0 Å². The van der Waals surface area contributed by atoms with Crippen molar-refractivity contribution in [3.63, 3.8) is 0 Å². The molecular formula is C19H20ClNO3. The van der Waals surface area contributed by atoms with Crippen molar-refractivity contribution in [3.05, 3.63) is 58.6 Å². The van der Waals surface area contributed by atoms with Crippen molar-refractivity contribution in [2.75, 3.05) is 19.5 Å². The van der Waals surface area contributed by atoms with Crippen molar-refractivity contribution in [3.8, 4) is 11.5 Å². The molecule has 0 saturated heterocycles. The number of amides is 1. The van der Waals surface area contributed by atoms with E-state index in [-0.39, 0.29) is 5.91 Å². The van der Waals surface area contributed by atoms with E-state index in [4.69, 9.17) is 21.1 Å². The summed E-state index contributed by atoms with van der Waals surface area (Å²) in [5.74, 6) is 0.766. The molecular weight excluding hydrogens is 326 g/mol. The van der Waals surface area contributed by atoms with Crippen LogP contribution in [0.5, 0.6) is 11.5 Å². The molecule has 0 spiro atoms. The number of hydrogen-bond acceptors (Lipinski definition) is 3. The maximum Gasteiger partial charge on any atom is 0.248 e. The number of rotatable bonds is 6. The zero-order chi connectivity index (χ0) is 17.5. The molecule has 24 heavy (non-hydrogen) atoms. The fourth-order valence-electron chi connectivity index (χ4n) is 2.21. The van der Waals surface area contributed by atoms with Gasteiger partial charge in [0.2, 0.25) is 5.91 Å². The van der Waals surface area contributed by atoms with Crippen molar-refractivity contribution in [2.24, 2.45) is 0 Å². The van der Waals surface area contributed by atoms with Gasteiger partial charge in [-0.2, -0.15) is 0 Å². The number of benzene rings is 2. The molecule has 0 unspecified atom stereocenters. The van der Waals surface area contributed by atoms with Crippen molar-refractivity contribution < 1.29 is 14.3 Å². The largest absolute Gasteiger partial charge is 0.493 e. The second-order valence-corrected chi connectivity index (χ2v) is 5.52. The highest BCUT2D eigenvalue weighted by molar-refractivity contribution is 6.32. The predicted molar refractivity (Wildman–Crippen MR) is 98.0 cm³/mol. The molecule has 2 rings (SSSR count). The van der Waals surface area contributed by atoms with Gasteiger partial charge in [-0.25, -0.2) is 0 Å². The first kappa shape index (κ1) is 17.9. The molecule has 2 aromatic rings. The van der Waals surface area contributed by atoms with E-state index in [2.05, 4.69) is 12.2 Å². The third kappa shape index (κ3) is 4.52. The van der Waals surface area contributed by atoms with Crippen molar-refractivity contribution in [1.82, 2.24) is 0 Å². The van der Waals surface area contributed by atoms with Crippen molar-refractivity contribution in [1.29, 1.82) is 0 Å². The molecule has 0 bridgehead atoms. The third-order valence-corrected chi connectivity index (χ3v) is 3.79. The van der Waals surface area contributed by atoms with Crippen LogP contribution in [0.3, 0.4) is 0 Å². The highest BCUT2D eigenvalue weighted by Crippen LogP contribution is 2.36. The van der Waals surface area contributed by atoms with E-state index >= 15 is 0 Å². The van der Waals surface area contributed by atoms with Gasteiger partial charge in [0, 0.05) is 11.8 Å². The molecule has 0 atom stereocenters. The molecule has 0 aliphatic carbocycles. The highest BCUT2D eigenvalue weighted by Gasteiger charge is 2.09. The Kier molecular flexibility index (Phi) is 6.27. The topological polar surface area (TPSA) is 47.6 Å². The zero-order valence-electron chi connectivity index (χ0n) is 13.9. The quantitative estimate of drug-likeness (QED) is 0.780. The van der Waals surface area contributed by atoms with Gasteiger partial charge in [-0.3, -0.25) is 4.79 Å². The lowest BCUT2D eigenvalue weighted by molar-refractivity contribution is -0.111. The van der Waals surface area contributed by atoms with E-state index in [0.29, 0.717) is 16.5 Å². The molecule has 2 aromatic carbocycles. The van der Waals surface area contributed by atoms with Crippen LogP contribution in [0, 0.1) is 0 Å². The normalized spacial score (nSPS) is 10.7. The third-order valence-electron chi connectivity index (χ3n) is 3.51. The van der Waals surface area contributed by atoms with Crippen LogP contribution in [0.25, 0.3) is 6.08 Å². The van der Waals surface area contributed by atoms with Crippen LogP contribution >= 0.6 is 11.6 Å². The maximum absolute atomic E-state index is 12.0. The summed E-state index contributed by atoms with van der Waals surface area (Å²) in [4.78, 5) is 12.0. The number of nitrogens with one attached hydrogen (secondary N) is 1. The van der Waals surface area contributed by atoms with Crippen molar-refractivity contribution in [2.45, 2.75) is 13.3 Å². The first-order valence-electron chi connectivity index (χ1n) is 7.57. The van der Waals surface area contributed by atoms with Gasteiger partial charge in [-0.05, 0) is 47.9 Å². The maximum atomic E-state index is 12.0. The second-order valence-electron chi connectivity index (χ2n) is 5.11. The Morgan fingerprint density at radius 3 is 2.46 bits per heavy atom. The molecule has 0 aliphatic heterocycles. The molecule has 0 fully saturated rings. The molecule has 1 amide bonds. The van der Waals surface area contributed by atoms with Gasteiger partial charge in [0.1, 0.15) is 0 Å². The number of ether oxygens (including phenoxy) is 2. The van der Waals surface area contributed by atoms with E-state index in [1.165, 1.54) is 25.9 Å². The van der Waals surface area contributed by atoms with Gasteiger partial charge in [-0.1, -0.05) is 30.7 Å². The van der Waals surface area contributed by atoms with Gasteiger partial charge in [0.25, 0.3) is 0 Å². The molecule has 5 heteroatoms. The fourth-order valence-corrected chi connectivity index (χ4v) is 2.51. The van der Waals surface area contributed by atoms with Gasteiger partial charge in [0.05, 0.1) is 19.2 Å². The summed E-state index contributed by atoms with van der Waals surface area (Å²) in [6, 6.07) is 11.2. The summed E-state index contributed by atoms with van der Waals surface area (Å²) in [6.07, 6.45) is 4.09. The number of aryl methyl sites for hydroxylation is 1. The SMILES string of the molecule is CCc1ccc(NC(=O)/C=C/c2cc(Cl)c(OC)c(OC)c2)cc1. The molecule has 126 valence electrons. The van der Waals surface area contributed by atoms with Crippen LogP contribution in [0.2, 0.25) is 5.02 Å². The number of carbonyl (C=O) groups excluding carboxylic acids is 1. The summed E-state index contributed by atoms with van der Waals surface area (Å²) < 4.78 is 10.4. The Balaban J connectivity index is 2.09. The fraction of sp³-hybridized carbons (Fsp3) is 0.211. The molecule has 0 aromatic heterocycles. The van der Waals surface area contributed by atoms with Crippen LogP contribution < -0.4 is 14.8 Å². The standard InChI is InChI=1S/C19H20ClNO3/c1-4-13-5-8-15(9-6-13)21-18(22)10-7-14-11-16(20)19(24-3)17(12-14)23-2/h5-12H,4H2,1-3H3,(H,21,22)/b10-7+. The Hall–Kier alpha value is -2.46. The van der Waals surface area contributed by atoms with E-state index in [1.54, 1.807) is 18.2 Å². The second kappa shape index (κ2) is 8.41. The summed E-state index contributed by atoms with van der Waals surface area (Å²) >= 11 is 6.15. The smallest absolute Gasteiger partial charge is 0.248 e. The molecule has 0 radical (unpaired) electrons. The van der Waals surface area contributed by atoms with Gasteiger partial charge >= 0.3 is 0 Å². The minimum Gasteiger partial charge on any atom is -0.493 e. The van der Waals surface area contributed by atoms with E-state index in [0.717, 1.165) is 17.7 Å². The number of anilines is 1. The monoisotopic (exact) mass is 345 g/mol. The van der Waals surface area contributed by atoms with Crippen LogP contribution in [-0.2, 0) is 11.2 Å². The van der Waals surface area contributed by atoms with E-state index in [1.807, 2.05) is 24.3 Å². The summed E-state index contributed by atoms with van der Waals surface area (Å²) in [5.41, 5.74) is 2.73. The Morgan fingerprint density at radius 2 is 1.88 bits per heavy atom. The van der Waals surface area contributed by atoms with Crippen LogP contribution in [-0.4, -0.2) is 20.1 Å². The Labute approximate surface area is 147 Å². The lowest BCUT2D eigenvalue weighted by Gasteiger charge is -2.10. The predicted octanol–water partition coefficient (Wildman–Crippen LogP) is 4.57. The van der Waals surface area contributed by atoms with E-state index in [9.17, 15) is 4.79 Å². The average molecular weight is 346 g/mol. The van der Waals surface area contributed by atoms with E-state index < -0.39 is 0 Å². The summed E-state index contributed by atoms with van der Waals surface area (Å²) in [7, 11) is 3.06. The van der Waals surface area contributed by atoms with Crippen LogP contribution in [0.15, 0.2) is 42.5 Å². The summed E-state index contributed by atoms with van der Waals surface area (Å²) in [5, 5.41) is 3.24. The first-order chi connectivity index (χ1) is 11.6. The molecule has 1 N–H and O–H groups in total. The zero-order valence-corrected chi connectivity index (χ0v) is 14.7. The van der Waals surface area contributed by atoms with Crippen molar-refractivity contribution >= 4 is 29.3 Å². The number of carbonyl (C=O) groups is 1.